The molecule has 2 unspecified atom stereocenters. The van der Waals surface area contributed by atoms with E-state index in [2.05, 4.69) is 58.3 Å². The largest absolute Gasteiger partial charge is 0.508 e. The minimum absolute atomic E-state index is 0.00393. The molecule has 0 bridgehead atoms. The maximum Gasteiger partial charge on any atom is 0.508 e. The molecule has 0 heterocycles. The summed E-state index contributed by atoms with van der Waals surface area (Å²) in [6, 6.07) is 0. The van der Waals surface area contributed by atoms with Gasteiger partial charge in [-0.25, -0.2) is 4.79 Å². The van der Waals surface area contributed by atoms with Gasteiger partial charge in [0.25, 0.3) is 0 Å². The van der Waals surface area contributed by atoms with Gasteiger partial charge < -0.3 is 23.8 Å². The highest BCUT2D eigenvalue weighted by molar-refractivity contribution is 5.72. The molecule has 0 rings (SSSR count). The fourth-order valence-electron chi connectivity index (χ4n) is 8.38. The molecule has 0 aliphatic heterocycles. The van der Waals surface area contributed by atoms with E-state index in [4.69, 9.17) is 18.9 Å². The number of likely N-dealkylation sites (N-methyl/N-ethyl adjacent to an activating group) is 2. The second kappa shape index (κ2) is 45.7. The van der Waals surface area contributed by atoms with E-state index in [1.54, 1.807) is 0 Å². The smallest absolute Gasteiger partial charge is 0.465 e. The van der Waals surface area contributed by atoms with Crippen LogP contribution in [0.4, 0.5) is 4.79 Å². The van der Waals surface area contributed by atoms with Crippen LogP contribution in [0, 0.1) is 11.8 Å². The molecular formula is C53H104N2O7. The molecule has 0 amide bonds. The van der Waals surface area contributed by atoms with Crippen molar-refractivity contribution >= 4 is 18.1 Å². The molecule has 2 atom stereocenters. The maximum atomic E-state index is 13.1. The SMILES string of the molecule is CCCCCCCC(CCCCCC)C(=O)OCCCCCCC(CCCCCCOC(=O)C(CCCCCC)CCCCCC)OC(=O)OCCN(CC)CCN(CC)CC. The number of unbranched alkanes of at least 4 members (excludes halogenated alkanes) is 19. The lowest BCUT2D eigenvalue weighted by atomic mass is 9.94. The Labute approximate surface area is 384 Å². The monoisotopic (exact) mass is 881 g/mol. The quantitative estimate of drug-likeness (QED) is 0.0336. The summed E-state index contributed by atoms with van der Waals surface area (Å²) in [5, 5.41) is 0. The first-order valence-electron chi connectivity index (χ1n) is 26.9. The second-order valence-corrected chi connectivity index (χ2v) is 18.2. The van der Waals surface area contributed by atoms with Crippen molar-refractivity contribution < 1.29 is 33.3 Å². The number of hydrogen-bond acceptors (Lipinski definition) is 9. The normalized spacial score (nSPS) is 12.6. The van der Waals surface area contributed by atoms with Gasteiger partial charge in [0.1, 0.15) is 12.7 Å². The Morgan fingerprint density at radius 3 is 1.08 bits per heavy atom. The Kier molecular flexibility index (Phi) is 44.3. The summed E-state index contributed by atoms with van der Waals surface area (Å²) < 4.78 is 23.2. The first kappa shape index (κ1) is 60.1. The Balaban J connectivity index is 4.94. The number of nitrogens with zero attached hydrogens (tertiary/aromatic N) is 2. The third-order valence-electron chi connectivity index (χ3n) is 12.8. The van der Waals surface area contributed by atoms with Crippen molar-refractivity contribution in [1.82, 2.24) is 9.80 Å². The van der Waals surface area contributed by atoms with Crippen LogP contribution in [-0.4, -0.2) is 93.1 Å². The van der Waals surface area contributed by atoms with Crippen molar-refractivity contribution in [3.63, 3.8) is 0 Å². The van der Waals surface area contributed by atoms with Gasteiger partial charge in [-0.15, -0.1) is 0 Å². The van der Waals surface area contributed by atoms with Crippen LogP contribution in [0.25, 0.3) is 0 Å². The molecule has 9 nitrogen and oxygen atoms in total. The molecule has 0 fully saturated rings. The van der Waals surface area contributed by atoms with E-state index < -0.39 is 6.16 Å². The van der Waals surface area contributed by atoms with Crippen LogP contribution in [0.5, 0.6) is 0 Å². The first-order chi connectivity index (χ1) is 30.3. The summed E-state index contributed by atoms with van der Waals surface area (Å²) in [5.74, 6) is 0.0969. The highest BCUT2D eigenvalue weighted by Gasteiger charge is 2.21. The molecule has 0 aliphatic rings. The van der Waals surface area contributed by atoms with Crippen molar-refractivity contribution in [2.24, 2.45) is 11.8 Å². The van der Waals surface area contributed by atoms with Crippen LogP contribution in [0.1, 0.15) is 248 Å². The molecule has 0 saturated heterocycles. The van der Waals surface area contributed by atoms with E-state index in [9.17, 15) is 14.4 Å². The molecule has 0 saturated carbocycles. The van der Waals surface area contributed by atoms with E-state index in [-0.39, 0.29) is 29.9 Å². The standard InChI is InChI=1S/C53H104N2O7/c1-8-15-19-23-31-39-49(38-30-22-18-11-4)52(57)60-46-35-27-25-33-41-50(62-53(58)61-47-44-55(14-7)43-42-54(12-5)13-6)40-32-24-26-34-45-59-51(56)48(36-28-20-16-9-2)37-29-21-17-10-3/h48-50H,8-47H2,1-7H3. The highest BCUT2D eigenvalue weighted by Crippen LogP contribution is 2.23. The molecule has 0 aliphatic carbocycles. The van der Waals surface area contributed by atoms with Gasteiger partial charge in [-0.2, -0.15) is 0 Å². The number of ether oxygens (including phenoxy) is 4. The predicted octanol–water partition coefficient (Wildman–Crippen LogP) is 14.7. The van der Waals surface area contributed by atoms with Gasteiger partial charge in [-0.3, -0.25) is 14.5 Å². The van der Waals surface area contributed by atoms with Crippen LogP contribution in [0.2, 0.25) is 0 Å². The minimum atomic E-state index is -0.567. The molecule has 0 radical (unpaired) electrons. The third-order valence-corrected chi connectivity index (χ3v) is 12.8. The van der Waals surface area contributed by atoms with Crippen LogP contribution < -0.4 is 0 Å². The van der Waals surface area contributed by atoms with Gasteiger partial charge in [0.2, 0.25) is 0 Å². The first-order valence-corrected chi connectivity index (χ1v) is 26.9. The van der Waals surface area contributed by atoms with E-state index in [0.29, 0.717) is 26.4 Å². The summed E-state index contributed by atoms with van der Waals surface area (Å²) in [5.41, 5.74) is 0. The summed E-state index contributed by atoms with van der Waals surface area (Å²) >= 11 is 0. The van der Waals surface area contributed by atoms with Crippen molar-refractivity contribution in [3.8, 4) is 0 Å². The maximum absolute atomic E-state index is 13.1. The summed E-state index contributed by atoms with van der Waals surface area (Å²) in [6.45, 7) is 22.4. The fraction of sp³-hybridized carbons (Fsp3) is 0.943. The van der Waals surface area contributed by atoms with Crippen LogP contribution in [0.15, 0.2) is 0 Å². The number of hydrogen-bond donors (Lipinski definition) is 0. The van der Waals surface area contributed by atoms with Gasteiger partial charge in [0.15, 0.2) is 0 Å². The lowest BCUT2D eigenvalue weighted by Gasteiger charge is -2.25. The Morgan fingerprint density at radius 2 is 0.694 bits per heavy atom. The molecule has 0 spiro atoms. The van der Waals surface area contributed by atoms with Crippen molar-refractivity contribution in [2.75, 3.05) is 59.1 Å². The van der Waals surface area contributed by atoms with Gasteiger partial charge in [-0.05, 0) is 83.8 Å². The zero-order valence-electron chi connectivity index (χ0n) is 42.3. The minimum Gasteiger partial charge on any atom is -0.465 e. The van der Waals surface area contributed by atoms with Crippen LogP contribution in [0.3, 0.4) is 0 Å². The van der Waals surface area contributed by atoms with Gasteiger partial charge >= 0.3 is 18.1 Å². The zero-order valence-corrected chi connectivity index (χ0v) is 42.3. The predicted molar refractivity (Wildman–Crippen MR) is 261 cm³/mol. The lowest BCUT2D eigenvalue weighted by molar-refractivity contribution is -0.150. The van der Waals surface area contributed by atoms with E-state index in [0.717, 1.165) is 148 Å². The lowest BCUT2D eigenvalue weighted by Crippen LogP contribution is -2.37. The fourth-order valence-corrected chi connectivity index (χ4v) is 8.38. The average molecular weight is 881 g/mol. The van der Waals surface area contributed by atoms with E-state index in [1.165, 1.54) is 83.5 Å². The summed E-state index contributed by atoms with van der Waals surface area (Å²) in [7, 11) is 0. The Bertz CT molecular complexity index is 981. The molecule has 0 N–H and O–H groups in total. The van der Waals surface area contributed by atoms with E-state index in [1.807, 2.05) is 0 Å². The number of esters is 2. The van der Waals surface area contributed by atoms with Crippen molar-refractivity contribution in [1.29, 1.82) is 0 Å². The molecule has 368 valence electrons. The summed E-state index contributed by atoms with van der Waals surface area (Å²) in [6.07, 6.45) is 32.6. The molecule has 9 heteroatoms. The molecular weight excluding hydrogens is 777 g/mol. The molecule has 0 aromatic rings. The number of carbonyl (C=O) groups is 3. The summed E-state index contributed by atoms with van der Waals surface area (Å²) in [4.78, 5) is 43.7. The second-order valence-electron chi connectivity index (χ2n) is 18.2. The molecule has 0 aromatic heterocycles. The van der Waals surface area contributed by atoms with Gasteiger partial charge in [-0.1, -0.05) is 183 Å². The topological polar surface area (TPSA) is 94.6 Å². The Morgan fingerprint density at radius 1 is 0.355 bits per heavy atom. The molecule has 0 aromatic carbocycles. The highest BCUT2D eigenvalue weighted by atomic mass is 16.7. The molecule has 62 heavy (non-hydrogen) atoms. The zero-order chi connectivity index (χ0) is 45.7. The van der Waals surface area contributed by atoms with Crippen LogP contribution >= 0.6 is 0 Å². The van der Waals surface area contributed by atoms with Gasteiger partial charge in [0.05, 0.1) is 25.0 Å². The Hall–Kier alpha value is -1.87. The van der Waals surface area contributed by atoms with Crippen molar-refractivity contribution in [3.05, 3.63) is 0 Å². The number of carbonyl (C=O) groups excluding carboxylic acids is 3. The van der Waals surface area contributed by atoms with Crippen LogP contribution in [-0.2, 0) is 28.5 Å². The third kappa shape index (κ3) is 36.5. The average Bonchev–Trinajstić information content (AvgIpc) is 3.27. The van der Waals surface area contributed by atoms with Crippen molar-refractivity contribution in [2.45, 2.75) is 254 Å². The number of rotatable bonds is 47. The van der Waals surface area contributed by atoms with Gasteiger partial charge in [0, 0.05) is 19.6 Å². The van der Waals surface area contributed by atoms with E-state index >= 15 is 0 Å².